The van der Waals surface area contributed by atoms with Gasteiger partial charge in [-0.3, -0.25) is 4.79 Å². The Bertz CT molecular complexity index is 840. The highest BCUT2D eigenvalue weighted by atomic mass is 16.5. The number of aryl methyl sites for hydroxylation is 1. The molecule has 3 aromatic rings. The largest absolute Gasteiger partial charge is 0.465 e. The lowest BCUT2D eigenvalue weighted by atomic mass is 10.2. The lowest BCUT2D eigenvalue weighted by molar-refractivity contribution is -0.143. The molecule has 24 heavy (non-hydrogen) atoms. The molecule has 0 saturated heterocycles. The van der Waals surface area contributed by atoms with E-state index in [0.29, 0.717) is 12.3 Å². The lowest BCUT2D eigenvalue weighted by Gasteiger charge is -2.05. The first-order valence-electron chi connectivity index (χ1n) is 8.24. The van der Waals surface area contributed by atoms with Crippen molar-refractivity contribution in [3.63, 3.8) is 0 Å². The van der Waals surface area contributed by atoms with Crippen LogP contribution in [0.4, 0.5) is 0 Å². The highest BCUT2D eigenvalue weighted by Gasteiger charge is 2.11. The number of fused-ring (bicyclic) bond motifs is 1. The number of hydrogen-bond donors (Lipinski definition) is 0. The molecule has 0 aliphatic rings. The summed E-state index contributed by atoms with van der Waals surface area (Å²) in [5.74, 6) is -0.234. The van der Waals surface area contributed by atoms with Gasteiger partial charge in [0.2, 0.25) is 0 Å². The summed E-state index contributed by atoms with van der Waals surface area (Å²) in [4.78, 5) is 16.4. The van der Waals surface area contributed by atoms with Crippen LogP contribution in [0.2, 0.25) is 0 Å². The number of unbranched alkanes of at least 4 members (excludes halogenated alkanes) is 1. The summed E-state index contributed by atoms with van der Waals surface area (Å²) in [5, 5.41) is 4.60. The van der Waals surface area contributed by atoms with E-state index in [0.717, 1.165) is 35.4 Å². The van der Waals surface area contributed by atoms with Crippen molar-refractivity contribution >= 4 is 11.6 Å². The van der Waals surface area contributed by atoms with Crippen LogP contribution < -0.4 is 0 Å². The normalized spacial score (nSPS) is 10.9. The third-order valence-electron chi connectivity index (χ3n) is 3.81. The Morgan fingerprint density at radius 2 is 2.00 bits per heavy atom. The van der Waals surface area contributed by atoms with Gasteiger partial charge in [0.25, 0.3) is 0 Å². The summed E-state index contributed by atoms with van der Waals surface area (Å²) in [5.41, 5.74) is 4.31. The van der Waals surface area contributed by atoms with Gasteiger partial charge in [-0.15, -0.1) is 0 Å². The number of aromatic nitrogens is 3. The average Bonchev–Trinajstić information content (AvgIpc) is 3.00. The van der Waals surface area contributed by atoms with Gasteiger partial charge in [0.05, 0.1) is 24.4 Å². The molecule has 0 fully saturated rings. The lowest BCUT2D eigenvalue weighted by Crippen LogP contribution is -2.11. The van der Waals surface area contributed by atoms with E-state index in [2.05, 4.69) is 17.0 Å². The zero-order valence-electron chi connectivity index (χ0n) is 14.0. The molecule has 0 saturated carbocycles. The maximum absolute atomic E-state index is 11.9. The summed E-state index contributed by atoms with van der Waals surface area (Å²) in [6.45, 7) is 4.50. The van der Waals surface area contributed by atoms with E-state index in [9.17, 15) is 4.79 Å². The van der Waals surface area contributed by atoms with Crippen molar-refractivity contribution in [3.05, 3.63) is 53.9 Å². The van der Waals surface area contributed by atoms with Crippen LogP contribution in [0.25, 0.3) is 16.9 Å². The summed E-state index contributed by atoms with van der Waals surface area (Å²) in [7, 11) is 0. The Hall–Kier alpha value is -2.69. The molecule has 0 amide bonds. The van der Waals surface area contributed by atoms with E-state index in [-0.39, 0.29) is 12.4 Å². The molecular weight excluding hydrogens is 302 g/mol. The zero-order valence-corrected chi connectivity index (χ0v) is 14.0. The van der Waals surface area contributed by atoms with Crippen molar-refractivity contribution in [2.24, 2.45) is 0 Å². The number of hydrogen-bond acceptors (Lipinski definition) is 4. The van der Waals surface area contributed by atoms with Crippen LogP contribution in [0.15, 0.2) is 42.5 Å². The third-order valence-corrected chi connectivity index (χ3v) is 3.81. The minimum absolute atomic E-state index is 0.187. The first-order valence-corrected chi connectivity index (χ1v) is 8.24. The van der Waals surface area contributed by atoms with Crippen LogP contribution in [0.5, 0.6) is 0 Å². The third kappa shape index (κ3) is 3.62. The van der Waals surface area contributed by atoms with Gasteiger partial charge in [-0.2, -0.15) is 5.10 Å². The fourth-order valence-corrected chi connectivity index (χ4v) is 2.56. The maximum Gasteiger partial charge on any atom is 0.311 e. The zero-order chi connectivity index (χ0) is 16.9. The Kier molecular flexibility index (Phi) is 4.89. The van der Waals surface area contributed by atoms with Crippen LogP contribution >= 0.6 is 0 Å². The van der Waals surface area contributed by atoms with Gasteiger partial charge < -0.3 is 4.74 Å². The molecule has 0 unspecified atom stereocenters. The SMILES string of the molecule is CCCCOC(=O)Cc1cc(C)n2nc(-c3ccccc3)cc2n1. The van der Waals surface area contributed by atoms with Gasteiger partial charge in [-0.25, -0.2) is 9.50 Å². The second-order valence-electron chi connectivity index (χ2n) is 5.81. The van der Waals surface area contributed by atoms with Crippen molar-refractivity contribution in [1.82, 2.24) is 14.6 Å². The van der Waals surface area contributed by atoms with Gasteiger partial charge >= 0.3 is 5.97 Å². The molecule has 3 rings (SSSR count). The second-order valence-corrected chi connectivity index (χ2v) is 5.81. The predicted molar refractivity (Wildman–Crippen MR) is 92.7 cm³/mol. The van der Waals surface area contributed by atoms with E-state index >= 15 is 0 Å². The minimum Gasteiger partial charge on any atom is -0.465 e. The number of benzene rings is 1. The highest BCUT2D eigenvalue weighted by molar-refractivity contribution is 5.72. The van der Waals surface area contributed by atoms with Crippen molar-refractivity contribution in [3.8, 4) is 11.3 Å². The van der Waals surface area contributed by atoms with Gasteiger partial charge in [0.15, 0.2) is 5.65 Å². The number of nitrogens with zero attached hydrogens (tertiary/aromatic N) is 3. The molecule has 0 N–H and O–H groups in total. The Morgan fingerprint density at radius 1 is 1.21 bits per heavy atom. The van der Waals surface area contributed by atoms with Crippen molar-refractivity contribution in [1.29, 1.82) is 0 Å². The molecule has 2 aromatic heterocycles. The molecular formula is C19H21N3O2. The molecule has 0 spiro atoms. The van der Waals surface area contributed by atoms with E-state index in [4.69, 9.17) is 4.74 Å². The number of carbonyl (C=O) groups excluding carboxylic acids is 1. The Morgan fingerprint density at radius 3 is 2.75 bits per heavy atom. The maximum atomic E-state index is 11.9. The molecule has 124 valence electrons. The summed E-state index contributed by atoms with van der Waals surface area (Å²) in [6.07, 6.45) is 2.09. The Balaban J connectivity index is 1.83. The van der Waals surface area contributed by atoms with Crippen molar-refractivity contribution in [2.45, 2.75) is 33.1 Å². The molecule has 5 heteroatoms. The van der Waals surface area contributed by atoms with Crippen LogP contribution in [0.3, 0.4) is 0 Å². The second kappa shape index (κ2) is 7.25. The molecule has 0 bridgehead atoms. The number of ether oxygens (including phenoxy) is 1. The number of carbonyl (C=O) groups is 1. The smallest absolute Gasteiger partial charge is 0.311 e. The topological polar surface area (TPSA) is 56.5 Å². The first kappa shape index (κ1) is 16.2. The molecule has 2 heterocycles. The predicted octanol–water partition coefficient (Wildman–Crippen LogP) is 3.59. The van der Waals surface area contributed by atoms with E-state index in [1.807, 2.05) is 49.4 Å². The summed E-state index contributed by atoms with van der Waals surface area (Å²) >= 11 is 0. The van der Waals surface area contributed by atoms with Gasteiger partial charge in [-0.05, 0) is 19.4 Å². The van der Waals surface area contributed by atoms with Gasteiger partial charge in [0.1, 0.15) is 0 Å². The molecule has 0 aliphatic carbocycles. The molecule has 5 nitrogen and oxygen atoms in total. The van der Waals surface area contributed by atoms with Gasteiger partial charge in [0, 0.05) is 17.3 Å². The van der Waals surface area contributed by atoms with Gasteiger partial charge in [-0.1, -0.05) is 43.7 Å². The van der Waals surface area contributed by atoms with E-state index < -0.39 is 0 Å². The number of rotatable bonds is 6. The van der Waals surface area contributed by atoms with Crippen molar-refractivity contribution in [2.75, 3.05) is 6.61 Å². The fourth-order valence-electron chi connectivity index (χ4n) is 2.56. The summed E-state index contributed by atoms with van der Waals surface area (Å²) < 4.78 is 7.01. The summed E-state index contributed by atoms with van der Waals surface area (Å²) in [6, 6.07) is 13.8. The molecule has 0 atom stereocenters. The van der Waals surface area contributed by atoms with E-state index in [1.165, 1.54) is 0 Å². The standard InChI is InChI=1S/C19H21N3O2/c1-3-4-10-24-19(23)12-16-11-14(2)22-18(20-16)13-17(21-22)15-8-6-5-7-9-15/h5-9,11,13H,3-4,10,12H2,1-2H3. The number of esters is 1. The molecule has 0 aliphatic heterocycles. The Labute approximate surface area is 141 Å². The van der Waals surface area contributed by atoms with Crippen molar-refractivity contribution < 1.29 is 9.53 Å². The quantitative estimate of drug-likeness (QED) is 0.514. The highest BCUT2D eigenvalue weighted by Crippen LogP contribution is 2.20. The van der Waals surface area contributed by atoms with E-state index in [1.54, 1.807) is 4.52 Å². The first-order chi connectivity index (χ1) is 11.7. The van der Waals surface area contributed by atoms with Crippen LogP contribution in [-0.2, 0) is 16.0 Å². The van der Waals surface area contributed by atoms with Crippen LogP contribution in [-0.4, -0.2) is 27.2 Å². The minimum atomic E-state index is -0.234. The van der Waals surface area contributed by atoms with Crippen LogP contribution in [0, 0.1) is 6.92 Å². The average molecular weight is 323 g/mol. The molecule has 1 aromatic carbocycles. The van der Waals surface area contributed by atoms with Crippen LogP contribution in [0.1, 0.15) is 31.2 Å². The molecule has 0 radical (unpaired) electrons. The monoisotopic (exact) mass is 323 g/mol. The fraction of sp³-hybridized carbons (Fsp3) is 0.316.